The van der Waals surface area contributed by atoms with Crippen LogP contribution in [0, 0.1) is 0 Å². The second-order valence-corrected chi connectivity index (χ2v) is 5.08. The monoisotopic (exact) mass is 303 g/mol. The van der Waals surface area contributed by atoms with E-state index in [2.05, 4.69) is 12.2 Å². The molecule has 0 aromatic heterocycles. The van der Waals surface area contributed by atoms with Gasteiger partial charge in [0, 0.05) is 11.3 Å². The number of ether oxygens (including phenoxy) is 1. The Bertz CT molecular complexity index is 340. The molecule has 0 aliphatic rings. The molecule has 0 unspecified atom stereocenters. The average Bonchev–Trinajstić information content (AvgIpc) is 2.37. The topological polar surface area (TPSA) is 55.4 Å². The Morgan fingerprint density at radius 3 is 2.20 bits per heavy atom. The lowest BCUT2D eigenvalue weighted by Gasteiger charge is -2.10. The van der Waals surface area contributed by atoms with Gasteiger partial charge in [-0.1, -0.05) is 39.0 Å². The maximum absolute atomic E-state index is 11.4. The van der Waals surface area contributed by atoms with E-state index in [9.17, 15) is 9.59 Å². The van der Waals surface area contributed by atoms with Crippen LogP contribution in [0.25, 0.3) is 0 Å². The third-order valence-corrected chi connectivity index (χ3v) is 3.26. The molecule has 0 aromatic rings. The molecule has 0 fully saturated rings. The molecule has 0 atom stereocenters. The van der Waals surface area contributed by atoms with E-state index in [0.29, 0.717) is 24.3 Å². The van der Waals surface area contributed by atoms with Gasteiger partial charge in [-0.05, 0) is 38.3 Å². The molecule has 0 aliphatic heterocycles. The summed E-state index contributed by atoms with van der Waals surface area (Å²) >= 11 is 5.57. The summed E-state index contributed by atoms with van der Waals surface area (Å²) in [6.45, 7) is 5.87. The number of hydrogen-bond acceptors (Lipinski definition) is 3. The van der Waals surface area contributed by atoms with Crippen molar-refractivity contribution in [2.75, 3.05) is 6.61 Å². The maximum Gasteiger partial charge on any atom is 0.411 e. The van der Waals surface area contributed by atoms with Crippen LogP contribution < -0.4 is 5.32 Å². The standard InChI is InChI=1S/C15H26ClNO3/c1-4-6-7-8-9-10-11-13(14(16)18)12(3)17-15(19)20-5-2/h4-11H2,1-3H3,(H,17,19)/b13-12-. The van der Waals surface area contributed by atoms with Crippen LogP contribution in [-0.4, -0.2) is 17.9 Å². The van der Waals surface area contributed by atoms with Crippen LogP contribution in [-0.2, 0) is 9.53 Å². The maximum atomic E-state index is 11.4. The number of carbonyl (C=O) groups is 2. The molecule has 0 spiro atoms. The molecule has 20 heavy (non-hydrogen) atoms. The third-order valence-electron chi connectivity index (χ3n) is 3.04. The van der Waals surface area contributed by atoms with Crippen LogP contribution in [0.2, 0.25) is 0 Å². The zero-order chi connectivity index (χ0) is 15.4. The van der Waals surface area contributed by atoms with E-state index in [4.69, 9.17) is 16.3 Å². The van der Waals surface area contributed by atoms with Gasteiger partial charge in [0.1, 0.15) is 0 Å². The first-order chi connectivity index (χ1) is 9.52. The molecule has 0 aromatic carbocycles. The second kappa shape index (κ2) is 11.8. The van der Waals surface area contributed by atoms with Gasteiger partial charge in [-0.15, -0.1) is 0 Å². The minimum absolute atomic E-state index is 0.292. The summed E-state index contributed by atoms with van der Waals surface area (Å²) in [5, 5.41) is 2.03. The highest BCUT2D eigenvalue weighted by atomic mass is 35.5. The molecule has 4 nitrogen and oxygen atoms in total. The zero-order valence-corrected chi connectivity index (χ0v) is 13.5. The smallest absolute Gasteiger partial charge is 0.411 e. The highest BCUT2D eigenvalue weighted by Crippen LogP contribution is 2.16. The lowest BCUT2D eigenvalue weighted by atomic mass is 10.0. The molecule has 0 bridgehead atoms. The van der Waals surface area contributed by atoms with Crippen LogP contribution in [0.1, 0.15) is 65.7 Å². The summed E-state index contributed by atoms with van der Waals surface area (Å²) in [5.74, 6) is 0. The van der Waals surface area contributed by atoms with Crippen molar-refractivity contribution in [1.29, 1.82) is 0 Å². The quantitative estimate of drug-likeness (QED) is 0.367. The van der Waals surface area contributed by atoms with Crippen LogP contribution in [0.15, 0.2) is 11.3 Å². The fraction of sp³-hybridized carbons (Fsp3) is 0.733. The fourth-order valence-corrected chi connectivity index (χ4v) is 2.15. The van der Waals surface area contributed by atoms with Gasteiger partial charge in [-0.3, -0.25) is 10.1 Å². The van der Waals surface area contributed by atoms with Crippen molar-refractivity contribution in [3.8, 4) is 0 Å². The summed E-state index contributed by atoms with van der Waals surface area (Å²) in [7, 11) is 0. The van der Waals surface area contributed by atoms with E-state index >= 15 is 0 Å². The molecule has 5 heteroatoms. The van der Waals surface area contributed by atoms with Crippen LogP contribution in [0.4, 0.5) is 4.79 Å². The number of amides is 1. The minimum atomic E-state index is -0.552. The first-order valence-electron chi connectivity index (χ1n) is 7.36. The lowest BCUT2D eigenvalue weighted by Crippen LogP contribution is -2.24. The number of alkyl carbamates (subject to hydrolysis) is 1. The molecule has 0 rings (SSSR count). The number of rotatable bonds is 10. The Hall–Kier alpha value is -1.03. The number of allylic oxidation sites excluding steroid dienone is 2. The largest absolute Gasteiger partial charge is 0.450 e. The van der Waals surface area contributed by atoms with E-state index < -0.39 is 11.3 Å². The Balaban J connectivity index is 4.26. The number of hydrogen-bond donors (Lipinski definition) is 1. The van der Waals surface area contributed by atoms with Crippen LogP contribution in [0.5, 0.6) is 0 Å². The summed E-state index contributed by atoms with van der Waals surface area (Å²) < 4.78 is 4.77. The SMILES string of the molecule is CCCCCCCC/C(C(=O)Cl)=C(\C)NC(=O)OCC. The van der Waals surface area contributed by atoms with Crippen LogP contribution in [0.3, 0.4) is 0 Å². The predicted molar refractivity (Wildman–Crippen MR) is 81.7 cm³/mol. The van der Waals surface area contributed by atoms with Crippen molar-refractivity contribution in [2.45, 2.75) is 65.7 Å². The highest BCUT2D eigenvalue weighted by molar-refractivity contribution is 6.67. The Kier molecular flexibility index (Phi) is 11.2. The highest BCUT2D eigenvalue weighted by Gasteiger charge is 2.12. The van der Waals surface area contributed by atoms with Crippen molar-refractivity contribution < 1.29 is 14.3 Å². The lowest BCUT2D eigenvalue weighted by molar-refractivity contribution is -0.108. The molecule has 0 saturated carbocycles. The van der Waals surface area contributed by atoms with Crippen molar-refractivity contribution >= 4 is 22.9 Å². The summed E-state index contributed by atoms with van der Waals surface area (Å²) in [6, 6.07) is 0. The molecule has 1 N–H and O–H groups in total. The van der Waals surface area contributed by atoms with Gasteiger partial charge < -0.3 is 4.74 Å². The Labute approximate surface area is 126 Å². The molecular weight excluding hydrogens is 278 g/mol. The Morgan fingerprint density at radius 1 is 1.05 bits per heavy atom. The number of unbranched alkanes of at least 4 members (excludes halogenated alkanes) is 5. The van der Waals surface area contributed by atoms with Gasteiger partial charge in [-0.2, -0.15) is 0 Å². The summed E-state index contributed by atoms with van der Waals surface area (Å²) in [4.78, 5) is 22.7. The van der Waals surface area contributed by atoms with Gasteiger partial charge >= 0.3 is 6.09 Å². The molecule has 0 radical (unpaired) electrons. The molecule has 0 saturated heterocycles. The van der Waals surface area contributed by atoms with E-state index in [1.807, 2.05) is 0 Å². The van der Waals surface area contributed by atoms with Crippen molar-refractivity contribution in [3.05, 3.63) is 11.3 Å². The van der Waals surface area contributed by atoms with Gasteiger partial charge in [0.2, 0.25) is 5.24 Å². The molecule has 116 valence electrons. The number of nitrogens with one attached hydrogen (secondary N) is 1. The van der Waals surface area contributed by atoms with Crippen molar-refractivity contribution in [3.63, 3.8) is 0 Å². The molecular formula is C15H26ClNO3. The van der Waals surface area contributed by atoms with E-state index in [1.54, 1.807) is 13.8 Å². The third kappa shape index (κ3) is 8.97. The van der Waals surface area contributed by atoms with Gasteiger partial charge in [0.25, 0.3) is 0 Å². The van der Waals surface area contributed by atoms with Crippen molar-refractivity contribution in [1.82, 2.24) is 5.32 Å². The molecule has 0 aliphatic carbocycles. The summed E-state index contributed by atoms with van der Waals surface area (Å²) in [6.07, 6.45) is 6.87. The predicted octanol–water partition coefficient (Wildman–Crippen LogP) is 4.52. The fourth-order valence-electron chi connectivity index (χ4n) is 1.91. The molecule has 1 amide bonds. The average molecular weight is 304 g/mol. The normalized spacial score (nSPS) is 11.8. The van der Waals surface area contributed by atoms with Crippen molar-refractivity contribution in [2.24, 2.45) is 0 Å². The number of halogens is 1. The minimum Gasteiger partial charge on any atom is -0.450 e. The second-order valence-electron chi connectivity index (χ2n) is 4.74. The summed E-state index contributed by atoms with van der Waals surface area (Å²) in [5.41, 5.74) is 0.951. The van der Waals surface area contributed by atoms with Gasteiger partial charge in [-0.25, -0.2) is 4.79 Å². The Morgan fingerprint density at radius 2 is 1.65 bits per heavy atom. The molecule has 0 heterocycles. The number of carbonyl (C=O) groups excluding carboxylic acids is 2. The van der Waals surface area contributed by atoms with Gasteiger partial charge in [0.05, 0.1) is 6.61 Å². The van der Waals surface area contributed by atoms with E-state index in [1.165, 1.54) is 25.7 Å². The van der Waals surface area contributed by atoms with E-state index in [-0.39, 0.29) is 0 Å². The zero-order valence-electron chi connectivity index (χ0n) is 12.8. The van der Waals surface area contributed by atoms with E-state index in [0.717, 1.165) is 12.8 Å². The van der Waals surface area contributed by atoms with Gasteiger partial charge in [0.15, 0.2) is 0 Å². The first kappa shape index (κ1) is 19.0. The first-order valence-corrected chi connectivity index (χ1v) is 7.74. The van der Waals surface area contributed by atoms with Crippen LogP contribution >= 0.6 is 11.6 Å².